The molecule has 0 aromatic carbocycles. The molecule has 2 aliphatic rings. The second kappa shape index (κ2) is 6.38. The Morgan fingerprint density at radius 1 is 1.00 bits per heavy atom. The number of hydrogen-bond acceptors (Lipinski definition) is 2. The largest absolute Gasteiger partial charge is 0.327 e. The molecule has 0 aromatic heterocycles. The molecule has 0 amide bonds. The maximum atomic E-state index is 6.36. The lowest BCUT2D eigenvalue weighted by atomic mass is 9.85. The van der Waals surface area contributed by atoms with E-state index in [1.165, 1.54) is 71.0 Å². The number of nitrogens with two attached hydrogens (primary N) is 1. The van der Waals surface area contributed by atoms with E-state index in [-0.39, 0.29) is 0 Å². The van der Waals surface area contributed by atoms with E-state index in [0.717, 1.165) is 5.92 Å². The van der Waals surface area contributed by atoms with E-state index in [9.17, 15) is 0 Å². The summed E-state index contributed by atoms with van der Waals surface area (Å²) >= 11 is 0. The SMILES string of the molecule is CC1(C)CCCN(CC2CCCCCC2N)CC1. The Bertz CT molecular complexity index is 249. The van der Waals surface area contributed by atoms with Crippen molar-refractivity contribution in [2.75, 3.05) is 19.6 Å². The van der Waals surface area contributed by atoms with Gasteiger partial charge >= 0.3 is 0 Å². The van der Waals surface area contributed by atoms with Gasteiger partial charge in [0.15, 0.2) is 0 Å². The maximum absolute atomic E-state index is 6.36. The van der Waals surface area contributed by atoms with Crippen molar-refractivity contribution in [1.29, 1.82) is 0 Å². The van der Waals surface area contributed by atoms with Crippen LogP contribution in [0.15, 0.2) is 0 Å². The number of nitrogens with zero attached hydrogens (tertiary/aromatic N) is 1. The summed E-state index contributed by atoms with van der Waals surface area (Å²) in [5.74, 6) is 0.758. The van der Waals surface area contributed by atoms with Crippen LogP contribution in [-0.2, 0) is 0 Å². The molecule has 2 heteroatoms. The Hall–Kier alpha value is -0.0800. The first-order valence-corrected chi connectivity index (χ1v) is 8.05. The zero-order chi connectivity index (χ0) is 13.0. The molecule has 0 bridgehead atoms. The monoisotopic (exact) mass is 252 g/mol. The highest BCUT2D eigenvalue weighted by Gasteiger charge is 2.26. The van der Waals surface area contributed by atoms with Crippen LogP contribution in [0, 0.1) is 11.3 Å². The van der Waals surface area contributed by atoms with E-state index >= 15 is 0 Å². The van der Waals surface area contributed by atoms with Gasteiger partial charge in [0.2, 0.25) is 0 Å². The third-order valence-electron chi connectivity index (χ3n) is 5.14. The molecule has 1 saturated heterocycles. The van der Waals surface area contributed by atoms with Gasteiger partial charge in [-0.3, -0.25) is 0 Å². The van der Waals surface area contributed by atoms with Crippen LogP contribution in [0.3, 0.4) is 0 Å². The van der Waals surface area contributed by atoms with Gasteiger partial charge in [0.05, 0.1) is 0 Å². The summed E-state index contributed by atoms with van der Waals surface area (Å²) in [6.07, 6.45) is 10.9. The smallest absolute Gasteiger partial charge is 0.00793 e. The Balaban J connectivity index is 1.84. The summed E-state index contributed by atoms with van der Waals surface area (Å²) in [5, 5.41) is 0. The number of rotatable bonds is 2. The molecule has 0 spiro atoms. The minimum Gasteiger partial charge on any atom is -0.327 e. The van der Waals surface area contributed by atoms with Gasteiger partial charge < -0.3 is 10.6 Å². The molecule has 2 fully saturated rings. The van der Waals surface area contributed by atoms with Crippen LogP contribution in [0.4, 0.5) is 0 Å². The Morgan fingerprint density at radius 2 is 1.78 bits per heavy atom. The minimum absolute atomic E-state index is 0.462. The normalized spacial score (nSPS) is 34.8. The third kappa shape index (κ3) is 4.24. The summed E-state index contributed by atoms with van der Waals surface area (Å²) in [6.45, 7) is 8.70. The van der Waals surface area contributed by atoms with Crippen LogP contribution in [0.2, 0.25) is 0 Å². The van der Waals surface area contributed by atoms with Gasteiger partial charge in [0.1, 0.15) is 0 Å². The molecule has 2 N–H and O–H groups in total. The molecule has 0 radical (unpaired) electrons. The Labute approximate surface area is 113 Å². The van der Waals surface area contributed by atoms with E-state index in [1.807, 2.05) is 0 Å². The van der Waals surface area contributed by atoms with Gasteiger partial charge in [-0.2, -0.15) is 0 Å². The lowest BCUT2D eigenvalue weighted by molar-refractivity contribution is 0.205. The van der Waals surface area contributed by atoms with Crippen molar-refractivity contribution in [1.82, 2.24) is 4.90 Å². The average molecular weight is 252 g/mol. The van der Waals surface area contributed by atoms with E-state index in [2.05, 4.69) is 18.7 Å². The van der Waals surface area contributed by atoms with E-state index in [1.54, 1.807) is 0 Å². The predicted molar refractivity (Wildman–Crippen MR) is 78.6 cm³/mol. The first-order valence-electron chi connectivity index (χ1n) is 8.05. The molecule has 2 unspecified atom stereocenters. The van der Waals surface area contributed by atoms with Crippen LogP contribution < -0.4 is 5.73 Å². The Morgan fingerprint density at radius 3 is 2.61 bits per heavy atom. The molecular weight excluding hydrogens is 220 g/mol. The molecule has 1 aliphatic carbocycles. The quantitative estimate of drug-likeness (QED) is 0.763. The van der Waals surface area contributed by atoms with Crippen molar-refractivity contribution in [2.45, 2.75) is 71.3 Å². The van der Waals surface area contributed by atoms with E-state index in [0.29, 0.717) is 11.5 Å². The average Bonchev–Trinajstić information content (AvgIpc) is 2.60. The summed E-state index contributed by atoms with van der Waals surface area (Å²) in [5.41, 5.74) is 6.92. The van der Waals surface area contributed by atoms with Gasteiger partial charge in [-0.15, -0.1) is 0 Å². The lowest BCUT2D eigenvalue weighted by Gasteiger charge is -2.29. The van der Waals surface area contributed by atoms with Crippen LogP contribution >= 0.6 is 0 Å². The molecule has 2 nitrogen and oxygen atoms in total. The molecule has 1 heterocycles. The topological polar surface area (TPSA) is 29.3 Å². The fourth-order valence-electron chi connectivity index (χ4n) is 3.63. The first-order chi connectivity index (χ1) is 8.57. The number of hydrogen-bond donors (Lipinski definition) is 1. The molecule has 106 valence electrons. The van der Waals surface area contributed by atoms with Crippen LogP contribution in [0.1, 0.15) is 65.2 Å². The van der Waals surface area contributed by atoms with E-state index in [4.69, 9.17) is 5.73 Å². The van der Waals surface area contributed by atoms with Gasteiger partial charge in [0.25, 0.3) is 0 Å². The highest BCUT2D eigenvalue weighted by atomic mass is 15.1. The molecule has 0 aromatic rings. The van der Waals surface area contributed by atoms with Gasteiger partial charge in [-0.1, -0.05) is 33.1 Å². The maximum Gasteiger partial charge on any atom is 0.00793 e. The molecule has 2 atom stereocenters. The van der Waals surface area contributed by atoms with Gasteiger partial charge in [-0.25, -0.2) is 0 Å². The third-order valence-corrected chi connectivity index (χ3v) is 5.14. The first kappa shape index (κ1) is 14.3. The second-order valence-corrected chi connectivity index (χ2v) is 7.38. The van der Waals surface area contributed by atoms with Gasteiger partial charge in [0, 0.05) is 12.6 Å². The van der Waals surface area contributed by atoms with Gasteiger partial charge in [-0.05, 0) is 56.5 Å². The second-order valence-electron chi connectivity index (χ2n) is 7.38. The highest BCUT2D eigenvalue weighted by Crippen LogP contribution is 2.31. The van der Waals surface area contributed by atoms with Crippen molar-refractivity contribution in [3.05, 3.63) is 0 Å². The number of likely N-dealkylation sites (tertiary alicyclic amines) is 1. The molecular formula is C16H32N2. The van der Waals surface area contributed by atoms with Crippen LogP contribution in [-0.4, -0.2) is 30.6 Å². The summed E-state index contributed by atoms with van der Waals surface area (Å²) in [6, 6.07) is 0.462. The van der Waals surface area contributed by atoms with Crippen molar-refractivity contribution in [2.24, 2.45) is 17.1 Å². The van der Waals surface area contributed by atoms with Crippen molar-refractivity contribution >= 4 is 0 Å². The van der Waals surface area contributed by atoms with Crippen molar-refractivity contribution in [3.8, 4) is 0 Å². The zero-order valence-electron chi connectivity index (χ0n) is 12.5. The predicted octanol–water partition coefficient (Wildman–Crippen LogP) is 3.41. The summed E-state index contributed by atoms with van der Waals surface area (Å²) in [7, 11) is 0. The Kier molecular flexibility index (Phi) is 5.08. The fraction of sp³-hybridized carbons (Fsp3) is 1.00. The van der Waals surface area contributed by atoms with Crippen molar-refractivity contribution < 1.29 is 0 Å². The van der Waals surface area contributed by atoms with Crippen LogP contribution in [0.5, 0.6) is 0 Å². The van der Waals surface area contributed by atoms with Crippen LogP contribution in [0.25, 0.3) is 0 Å². The molecule has 1 saturated carbocycles. The lowest BCUT2D eigenvalue weighted by Crippen LogP contribution is -2.39. The minimum atomic E-state index is 0.462. The highest BCUT2D eigenvalue weighted by molar-refractivity contribution is 4.82. The molecule has 1 aliphatic heterocycles. The van der Waals surface area contributed by atoms with E-state index < -0.39 is 0 Å². The molecule has 2 rings (SSSR count). The van der Waals surface area contributed by atoms with Crippen molar-refractivity contribution in [3.63, 3.8) is 0 Å². The summed E-state index contributed by atoms with van der Waals surface area (Å²) < 4.78 is 0. The zero-order valence-corrected chi connectivity index (χ0v) is 12.5. The summed E-state index contributed by atoms with van der Waals surface area (Å²) in [4.78, 5) is 2.70. The standard InChI is InChI=1S/C16H32N2/c1-16(2)9-6-11-18(12-10-16)13-14-7-4-3-5-8-15(14)17/h14-15H,3-13,17H2,1-2H3. The molecule has 18 heavy (non-hydrogen) atoms. The fourth-order valence-corrected chi connectivity index (χ4v) is 3.63.